The van der Waals surface area contributed by atoms with Crippen molar-refractivity contribution in [2.24, 2.45) is 10.9 Å². The molecule has 6 heteroatoms. The van der Waals surface area contributed by atoms with Crippen LogP contribution < -0.4 is 10.6 Å². The first-order valence-electron chi connectivity index (χ1n) is 10.4. The zero-order chi connectivity index (χ0) is 20.1. The Morgan fingerprint density at radius 1 is 1.25 bits per heavy atom. The van der Waals surface area contributed by atoms with Crippen LogP contribution in [0.2, 0.25) is 0 Å². The lowest BCUT2D eigenvalue weighted by molar-refractivity contribution is -0.134. The van der Waals surface area contributed by atoms with Gasteiger partial charge < -0.3 is 15.5 Å². The van der Waals surface area contributed by atoms with E-state index in [0.717, 1.165) is 32.4 Å². The summed E-state index contributed by atoms with van der Waals surface area (Å²) in [4.78, 5) is 18.9. The topological polar surface area (TPSA) is 56.7 Å². The van der Waals surface area contributed by atoms with E-state index in [9.17, 15) is 9.18 Å². The summed E-state index contributed by atoms with van der Waals surface area (Å²) >= 11 is 0. The third kappa shape index (κ3) is 4.83. The lowest BCUT2D eigenvalue weighted by Crippen LogP contribution is -2.48. The number of benzene rings is 1. The van der Waals surface area contributed by atoms with Gasteiger partial charge in [0.2, 0.25) is 5.91 Å². The van der Waals surface area contributed by atoms with Crippen LogP contribution in [-0.2, 0) is 10.2 Å². The Balaban J connectivity index is 1.51. The van der Waals surface area contributed by atoms with Gasteiger partial charge >= 0.3 is 0 Å². The number of amides is 1. The number of carbonyl (C=O) groups excluding carboxylic acids is 1. The Labute approximate surface area is 167 Å². The average Bonchev–Trinajstić information content (AvgIpc) is 3.37. The van der Waals surface area contributed by atoms with E-state index >= 15 is 0 Å². The maximum absolute atomic E-state index is 14.2. The van der Waals surface area contributed by atoms with Crippen LogP contribution in [0.25, 0.3) is 0 Å². The fraction of sp³-hybridized carbons (Fsp3) is 0.636. The lowest BCUT2D eigenvalue weighted by atomic mass is 9.84. The van der Waals surface area contributed by atoms with Gasteiger partial charge in [0, 0.05) is 44.1 Å². The minimum absolute atomic E-state index is 0.186. The standard InChI is InChI=1S/C22H33FN4O/c1-22(2,18-10-6-7-11-19(18)23)15-25-21(24-3)26-17-12-13-27(14-17)20(28)16-8-4-5-9-16/h6-7,10-11,16-17H,4-5,8-9,12-15H2,1-3H3,(H2,24,25,26). The van der Waals surface area contributed by atoms with E-state index in [1.165, 1.54) is 18.9 Å². The molecule has 0 radical (unpaired) electrons. The van der Waals surface area contributed by atoms with E-state index < -0.39 is 0 Å². The number of aliphatic imine (C=N–C) groups is 1. The third-order valence-corrected chi connectivity index (χ3v) is 6.07. The van der Waals surface area contributed by atoms with E-state index in [1.54, 1.807) is 13.1 Å². The van der Waals surface area contributed by atoms with Crippen LogP contribution in [0.15, 0.2) is 29.3 Å². The molecule has 2 aliphatic rings. The Hall–Kier alpha value is -2.11. The molecule has 154 valence electrons. The van der Waals surface area contributed by atoms with Gasteiger partial charge in [0.25, 0.3) is 0 Å². The maximum Gasteiger partial charge on any atom is 0.225 e. The molecule has 3 rings (SSSR count). The van der Waals surface area contributed by atoms with Crippen LogP contribution in [-0.4, -0.2) is 49.5 Å². The van der Waals surface area contributed by atoms with Gasteiger partial charge in [-0.2, -0.15) is 0 Å². The predicted octanol–water partition coefficient (Wildman–Crippen LogP) is 3.06. The quantitative estimate of drug-likeness (QED) is 0.602. The first-order valence-corrected chi connectivity index (χ1v) is 10.4. The first kappa shape index (κ1) is 20.6. The number of hydrogen-bond acceptors (Lipinski definition) is 2. The van der Waals surface area contributed by atoms with E-state index in [0.29, 0.717) is 24.0 Å². The molecular weight excluding hydrogens is 355 g/mol. The summed E-state index contributed by atoms with van der Waals surface area (Å²) in [6.45, 7) is 6.13. The number of nitrogens with zero attached hydrogens (tertiary/aromatic N) is 2. The van der Waals surface area contributed by atoms with Gasteiger partial charge in [0.15, 0.2) is 5.96 Å². The SMILES string of the molecule is CN=C(NCC(C)(C)c1ccccc1F)NC1CCN(C(=O)C2CCCC2)C1. The highest BCUT2D eigenvalue weighted by Crippen LogP contribution is 2.28. The fourth-order valence-electron chi connectivity index (χ4n) is 4.31. The van der Waals surface area contributed by atoms with Crippen molar-refractivity contribution in [2.45, 2.75) is 57.4 Å². The van der Waals surface area contributed by atoms with E-state index in [2.05, 4.69) is 15.6 Å². The van der Waals surface area contributed by atoms with Crippen LogP contribution in [0.1, 0.15) is 51.5 Å². The highest BCUT2D eigenvalue weighted by molar-refractivity contribution is 5.81. The van der Waals surface area contributed by atoms with Crippen molar-refractivity contribution in [1.29, 1.82) is 0 Å². The Morgan fingerprint density at radius 3 is 2.64 bits per heavy atom. The van der Waals surface area contributed by atoms with E-state index in [-0.39, 0.29) is 23.2 Å². The monoisotopic (exact) mass is 388 g/mol. The molecule has 1 aliphatic heterocycles. The van der Waals surface area contributed by atoms with Crippen LogP contribution in [0.3, 0.4) is 0 Å². The molecule has 28 heavy (non-hydrogen) atoms. The van der Waals surface area contributed by atoms with Gasteiger partial charge in [-0.3, -0.25) is 9.79 Å². The van der Waals surface area contributed by atoms with E-state index in [1.807, 2.05) is 30.9 Å². The average molecular weight is 389 g/mol. The molecule has 1 aromatic rings. The number of carbonyl (C=O) groups is 1. The highest BCUT2D eigenvalue weighted by atomic mass is 19.1. The molecule has 5 nitrogen and oxygen atoms in total. The molecule has 1 atom stereocenters. The van der Waals surface area contributed by atoms with Gasteiger partial charge in [-0.25, -0.2) is 4.39 Å². The van der Waals surface area contributed by atoms with Crippen molar-refractivity contribution in [3.8, 4) is 0 Å². The molecule has 1 aromatic carbocycles. The van der Waals surface area contributed by atoms with Crippen molar-refractivity contribution in [2.75, 3.05) is 26.7 Å². The molecule has 2 fully saturated rings. The molecule has 1 saturated heterocycles. The predicted molar refractivity (Wildman–Crippen MR) is 111 cm³/mol. The summed E-state index contributed by atoms with van der Waals surface area (Å²) in [5, 5.41) is 6.76. The van der Waals surface area contributed by atoms with Crippen molar-refractivity contribution in [3.05, 3.63) is 35.6 Å². The fourth-order valence-corrected chi connectivity index (χ4v) is 4.31. The molecule has 1 heterocycles. The number of hydrogen-bond donors (Lipinski definition) is 2. The molecule has 0 bridgehead atoms. The summed E-state index contributed by atoms with van der Waals surface area (Å²) in [5.41, 5.74) is 0.315. The van der Waals surface area contributed by atoms with Crippen molar-refractivity contribution in [3.63, 3.8) is 0 Å². The Kier molecular flexibility index (Phi) is 6.57. The lowest BCUT2D eigenvalue weighted by Gasteiger charge is -2.28. The zero-order valence-electron chi connectivity index (χ0n) is 17.3. The summed E-state index contributed by atoms with van der Waals surface area (Å²) < 4.78 is 14.2. The third-order valence-electron chi connectivity index (χ3n) is 6.07. The summed E-state index contributed by atoms with van der Waals surface area (Å²) in [5.74, 6) is 1.07. The summed E-state index contributed by atoms with van der Waals surface area (Å²) in [6, 6.07) is 7.10. The first-order chi connectivity index (χ1) is 13.4. The van der Waals surface area contributed by atoms with Gasteiger partial charge in [0.1, 0.15) is 5.82 Å². The number of likely N-dealkylation sites (tertiary alicyclic amines) is 1. The summed E-state index contributed by atoms with van der Waals surface area (Å²) in [7, 11) is 1.74. The molecule has 0 spiro atoms. The number of guanidine groups is 1. The smallest absolute Gasteiger partial charge is 0.225 e. The molecule has 0 aromatic heterocycles. The van der Waals surface area contributed by atoms with Crippen molar-refractivity contribution < 1.29 is 9.18 Å². The van der Waals surface area contributed by atoms with Gasteiger partial charge in [-0.15, -0.1) is 0 Å². The molecule has 1 saturated carbocycles. The number of halogens is 1. The van der Waals surface area contributed by atoms with Crippen molar-refractivity contribution >= 4 is 11.9 Å². The van der Waals surface area contributed by atoms with Crippen LogP contribution in [0, 0.1) is 11.7 Å². The van der Waals surface area contributed by atoms with Crippen LogP contribution >= 0.6 is 0 Å². The van der Waals surface area contributed by atoms with Crippen molar-refractivity contribution in [1.82, 2.24) is 15.5 Å². The minimum Gasteiger partial charge on any atom is -0.356 e. The Bertz CT molecular complexity index is 712. The largest absolute Gasteiger partial charge is 0.356 e. The zero-order valence-corrected chi connectivity index (χ0v) is 17.3. The van der Waals surface area contributed by atoms with Crippen LogP contribution in [0.5, 0.6) is 0 Å². The van der Waals surface area contributed by atoms with Gasteiger partial charge in [-0.1, -0.05) is 44.9 Å². The van der Waals surface area contributed by atoms with Gasteiger partial charge in [-0.05, 0) is 30.9 Å². The number of rotatable bonds is 5. The highest BCUT2D eigenvalue weighted by Gasteiger charge is 2.32. The van der Waals surface area contributed by atoms with E-state index in [4.69, 9.17) is 0 Å². The Morgan fingerprint density at radius 2 is 1.96 bits per heavy atom. The second kappa shape index (κ2) is 8.93. The molecule has 1 amide bonds. The normalized spacial score (nSPS) is 21.2. The van der Waals surface area contributed by atoms with Gasteiger partial charge in [0.05, 0.1) is 0 Å². The molecular formula is C22H33FN4O. The second-order valence-corrected chi connectivity index (χ2v) is 8.69. The molecule has 1 unspecified atom stereocenters. The summed E-state index contributed by atoms with van der Waals surface area (Å²) in [6.07, 6.45) is 5.37. The van der Waals surface area contributed by atoms with Crippen LogP contribution in [0.4, 0.5) is 4.39 Å². The molecule has 1 aliphatic carbocycles. The minimum atomic E-state index is -0.372. The second-order valence-electron chi connectivity index (χ2n) is 8.69. The molecule has 2 N–H and O–H groups in total. The maximum atomic E-state index is 14.2. The number of nitrogens with one attached hydrogen (secondary N) is 2.